The standard InChI is InChI=1S/C25H22NO.C11H8N.Ir/c1-15-14-26-23-19-8-6-5-7-17(19)18-10-9-16-11-12-27-24(16)22(18)21(23)20(15)13-25(2,3)4;1-2-6-10(7-3-1)11-8-4-5-9-12-11;/h5-7,9-12,14H,13H2,1-4H3;1-6,8-9H;/q2*-1;/i1D3,13D2;;. The van der Waals surface area contributed by atoms with Crippen LogP contribution in [0, 0.1) is 24.4 Å². The van der Waals surface area contributed by atoms with Gasteiger partial charge in [-0.1, -0.05) is 50.4 Å². The molecule has 0 amide bonds. The van der Waals surface area contributed by atoms with Crippen molar-refractivity contribution in [3.05, 3.63) is 121 Å². The number of pyridine rings is 2. The maximum Gasteiger partial charge on any atom is 0.140 e. The van der Waals surface area contributed by atoms with Crippen LogP contribution in [0.4, 0.5) is 0 Å². The Morgan fingerprint density at radius 1 is 0.875 bits per heavy atom. The summed E-state index contributed by atoms with van der Waals surface area (Å²) in [6.07, 6.45) is 2.72. The molecule has 201 valence electrons. The van der Waals surface area contributed by atoms with Crippen LogP contribution in [0.25, 0.3) is 54.7 Å². The van der Waals surface area contributed by atoms with Crippen molar-refractivity contribution in [2.75, 3.05) is 0 Å². The zero-order chi connectivity index (χ0) is 31.3. The minimum absolute atomic E-state index is 0. The second kappa shape index (κ2) is 11.3. The van der Waals surface area contributed by atoms with E-state index in [0.717, 1.165) is 32.8 Å². The van der Waals surface area contributed by atoms with Gasteiger partial charge in [0.25, 0.3) is 0 Å². The summed E-state index contributed by atoms with van der Waals surface area (Å²) in [5.74, 6) is 0. The van der Waals surface area contributed by atoms with E-state index in [2.05, 4.69) is 22.1 Å². The van der Waals surface area contributed by atoms with Crippen LogP contribution in [0.5, 0.6) is 0 Å². The van der Waals surface area contributed by atoms with Gasteiger partial charge in [-0.3, -0.25) is 0 Å². The van der Waals surface area contributed by atoms with Crippen LogP contribution in [0.1, 0.15) is 38.8 Å². The molecule has 7 aromatic rings. The van der Waals surface area contributed by atoms with Crippen molar-refractivity contribution in [3.8, 4) is 11.3 Å². The van der Waals surface area contributed by atoms with E-state index < -0.39 is 18.6 Å². The van der Waals surface area contributed by atoms with Crippen molar-refractivity contribution in [3.63, 3.8) is 0 Å². The first-order chi connectivity index (χ1) is 20.9. The molecule has 0 aliphatic rings. The summed E-state index contributed by atoms with van der Waals surface area (Å²) >= 11 is 0. The van der Waals surface area contributed by atoms with Gasteiger partial charge in [-0.15, -0.1) is 65.5 Å². The maximum absolute atomic E-state index is 9.12. The van der Waals surface area contributed by atoms with Gasteiger partial charge < -0.3 is 14.4 Å². The van der Waals surface area contributed by atoms with E-state index in [9.17, 15) is 0 Å². The zero-order valence-corrected chi connectivity index (χ0v) is 24.8. The number of benzene rings is 4. The first-order valence-electron chi connectivity index (χ1n) is 15.3. The number of aryl methyl sites for hydroxylation is 1. The summed E-state index contributed by atoms with van der Waals surface area (Å²) in [6, 6.07) is 31.5. The van der Waals surface area contributed by atoms with Crippen LogP contribution in [0.2, 0.25) is 0 Å². The van der Waals surface area contributed by atoms with Gasteiger partial charge in [-0.2, -0.15) is 0 Å². The fraction of sp³-hybridized carbons (Fsp3) is 0.167. The summed E-state index contributed by atoms with van der Waals surface area (Å²) in [5, 5.41) is 4.50. The summed E-state index contributed by atoms with van der Waals surface area (Å²) in [4.78, 5) is 8.79. The molecule has 4 aromatic carbocycles. The first-order valence-corrected chi connectivity index (χ1v) is 12.8. The normalized spacial score (nSPS) is 13.9. The molecule has 0 aliphatic heterocycles. The van der Waals surface area contributed by atoms with Crippen molar-refractivity contribution < 1.29 is 31.4 Å². The average molecular weight is 704 g/mol. The van der Waals surface area contributed by atoms with E-state index in [1.165, 1.54) is 6.20 Å². The van der Waals surface area contributed by atoms with Crippen LogP contribution in [0.3, 0.4) is 0 Å². The molecule has 1 radical (unpaired) electrons. The van der Waals surface area contributed by atoms with Crippen LogP contribution in [-0.4, -0.2) is 9.97 Å². The Morgan fingerprint density at radius 3 is 2.48 bits per heavy atom. The number of furan rings is 1. The smallest absolute Gasteiger partial charge is 0.140 e. The number of rotatable bonds is 2. The Hall–Kier alpha value is -3.85. The molecule has 0 atom stereocenters. The van der Waals surface area contributed by atoms with Crippen molar-refractivity contribution in [2.24, 2.45) is 5.41 Å². The Bertz CT molecular complexity index is 2080. The molecule has 4 heteroatoms. The second-order valence-corrected chi connectivity index (χ2v) is 10.4. The van der Waals surface area contributed by atoms with Gasteiger partial charge in [0.05, 0.1) is 6.26 Å². The molecule has 0 unspecified atom stereocenters. The fourth-order valence-electron chi connectivity index (χ4n) is 4.89. The van der Waals surface area contributed by atoms with E-state index >= 15 is 0 Å². The van der Waals surface area contributed by atoms with Gasteiger partial charge >= 0.3 is 0 Å². The second-order valence-electron chi connectivity index (χ2n) is 10.4. The SMILES string of the molecule is [2H]C([2H])([2H])c1cnc2c3[c-]cccc3c3ccc4ccoc4c3c2c1C([2H])([2H])C(C)(C)C.[Ir].[c-]1ccccc1-c1ccccn1. The van der Waals surface area contributed by atoms with E-state index in [1.54, 1.807) is 39.3 Å². The Labute approximate surface area is 255 Å². The van der Waals surface area contributed by atoms with Gasteiger partial charge in [0, 0.05) is 50.1 Å². The van der Waals surface area contributed by atoms with Crippen molar-refractivity contribution in [1.29, 1.82) is 0 Å². The van der Waals surface area contributed by atoms with Gasteiger partial charge in [0.2, 0.25) is 0 Å². The van der Waals surface area contributed by atoms with Crippen LogP contribution < -0.4 is 0 Å². The van der Waals surface area contributed by atoms with E-state index in [0.29, 0.717) is 21.9 Å². The molecule has 0 spiro atoms. The average Bonchev–Trinajstić information content (AvgIpc) is 3.50. The van der Waals surface area contributed by atoms with Gasteiger partial charge in [0.15, 0.2) is 0 Å². The number of hydrogen-bond acceptors (Lipinski definition) is 3. The quantitative estimate of drug-likeness (QED) is 0.133. The first kappa shape index (κ1) is 21.9. The predicted molar refractivity (Wildman–Crippen MR) is 162 cm³/mol. The predicted octanol–water partition coefficient (Wildman–Crippen LogP) is 9.53. The van der Waals surface area contributed by atoms with Gasteiger partial charge in [-0.05, 0) is 63.9 Å². The summed E-state index contributed by atoms with van der Waals surface area (Å²) in [7, 11) is 0. The van der Waals surface area contributed by atoms with Crippen LogP contribution >= 0.6 is 0 Å². The topological polar surface area (TPSA) is 38.9 Å². The third-order valence-electron chi connectivity index (χ3n) is 6.48. The van der Waals surface area contributed by atoms with E-state index in [-0.39, 0.29) is 31.2 Å². The largest absolute Gasteiger partial charge is 0.464 e. The van der Waals surface area contributed by atoms with E-state index in [1.807, 2.05) is 72.8 Å². The van der Waals surface area contributed by atoms with Crippen LogP contribution in [0.15, 0.2) is 102 Å². The monoisotopic (exact) mass is 704 g/mol. The maximum atomic E-state index is 9.12. The molecule has 0 saturated carbocycles. The number of nitrogens with zero attached hydrogens (tertiary/aromatic N) is 2. The minimum Gasteiger partial charge on any atom is -0.464 e. The molecule has 3 aromatic heterocycles. The Kier molecular flexibility index (Phi) is 6.21. The van der Waals surface area contributed by atoms with Crippen LogP contribution in [-0.2, 0) is 26.5 Å². The molecular weight excluding hydrogens is 669 g/mol. The van der Waals surface area contributed by atoms with E-state index in [4.69, 9.17) is 11.3 Å². The van der Waals surface area contributed by atoms with Gasteiger partial charge in [-0.25, -0.2) is 0 Å². The number of hydrogen-bond donors (Lipinski definition) is 0. The molecule has 3 heterocycles. The molecule has 3 nitrogen and oxygen atoms in total. The minimum atomic E-state index is -2.53. The van der Waals surface area contributed by atoms with Crippen molar-refractivity contribution in [2.45, 2.75) is 34.0 Å². The molecular formula is C36H30IrN2O-2. The molecule has 0 aliphatic carbocycles. The van der Waals surface area contributed by atoms with Gasteiger partial charge in [0.1, 0.15) is 5.58 Å². The summed E-state index contributed by atoms with van der Waals surface area (Å²) < 4.78 is 48.6. The molecule has 0 N–H and O–H groups in total. The molecule has 0 saturated heterocycles. The molecule has 0 fully saturated rings. The van der Waals surface area contributed by atoms with Crippen molar-refractivity contribution >= 4 is 43.4 Å². The molecule has 0 bridgehead atoms. The molecule has 40 heavy (non-hydrogen) atoms. The third kappa shape index (κ3) is 5.30. The fourth-order valence-corrected chi connectivity index (χ4v) is 4.89. The molecule has 7 rings (SSSR count). The Balaban J connectivity index is 0.000000258. The zero-order valence-electron chi connectivity index (χ0n) is 27.4. The van der Waals surface area contributed by atoms with Crippen molar-refractivity contribution in [1.82, 2.24) is 9.97 Å². The number of aromatic nitrogens is 2. The third-order valence-corrected chi connectivity index (χ3v) is 6.48. The number of fused-ring (bicyclic) bond motifs is 8. The summed E-state index contributed by atoms with van der Waals surface area (Å²) in [6.45, 7) is 2.80. The summed E-state index contributed by atoms with van der Waals surface area (Å²) in [5.41, 5.74) is 2.31. The Morgan fingerprint density at radius 2 is 1.73 bits per heavy atom.